The first-order valence-corrected chi connectivity index (χ1v) is 14.6. The summed E-state index contributed by atoms with van der Waals surface area (Å²) in [7, 11) is 0. The molecule has 222 valence electrons. The van der Waals surface area contributed by atoms with Crippen molar-refractivity contribution in [1.82, 2.24) is 9.99 Å². The topological polar surface area (TPSA) is 108 Å². The summed E-state index contributed by atoms with van der Waals surface area (Å²) in [4.78, 5) is 23.3. The molecule has 0 fully saturated rings. The number of carbonyl (C=O) groups excluding carboxylic acids is 1. The molecule has 1 aromatic heterocycles. The first-order valence-electron chi connectivity index (χ1n) is 13.8. The third kappa shape index (κ3) is 7.04. The number of nitro benzene ring substituents is 1. The molecule has 0 radical (unpaired) electrons. The minimum atomic E-state index is -0.444. The molecule has 5 aromatic rings. The van der Waals surface area contributed by atoms with Crippen LogP contribution in [0.25, 0.3) is 16.9 Å². The summed E-state index contributed by atoms with van der Waals surface area (Å²) in [5.41, 5.74) is 8.75. The second kappa shape index (κ2) is 13.8. The maximum atomic E-state index is 12.8. The van der Waals surface area contributed by atoms with Crippen LogP contribution < -0.4 is 14.9 Å². The van der Waals surface area contributed by atoms with Crippen molar-refractivity contribution in [2.45, 2.75) is 20.5 Å². The molecular formula is C34H29BrN4O5. The third-order valence-electron chi connectivity index (χ3n) is 6.81. The summed E-state index contributed by atoms with van der Waals surface area (Å²) < 4.78 is 14.6. The third-order valence-corrected chi connectivity index (χ3v) is 7.49. The zero-order chi connectivity index (χ0) is 31.1. The average molecular weight is 654 g/mol. The number of ether oxygens (including phenoxy) is 2. The van der Waals surface area contributed by atoms with Crippen LogP contribution in [-0.2, 0) is 6.61 Å². The number of nitro groups is 1. The van der Waals surface area contributed by atoms with Crippen LogP contribution in [-0.4, -0.2) is 28.2 Å². The Labute approximate surface area is 263 Å². The number of carbonyl (C=O) groups is 1. The van der Waals surface area contributed by atoms with Crippen LogP contribution in [0.4, 0.5) is 5.69 Å². The van der Waals surface area contributed by atoms with E-state index in [1.54, 1.807) is 36.4 Å². The van der Waals surface area contributed by atoms with E-state index in [4.69, 9.17) is 9.47 Å². The second-order valence-electron chi connectivity index (χ2n) is 9.77. The Hall–Kier alpha value is -5.22. The van der Waals surface area contributed by atoms with Crippen molar-refractivity contribution in [3.05, 3.63) is 140 Å². The van der Waals surface area contributed by atoms with Gasteiger partial charge < -0.3 is 14.0 Å². The van der Waals surface area contributed by atoms with Crippen LogP contribution in [0.1, 0.15) is 34.1 Å². The van der Waals surface area contributed by atoms with Gasteiger partial charge in [-0.15, -0.1) is 0 Å². The Morgan fingerprint density at radius 3 is 2.34 bits per heavy atom. The van der Waals surface area contributed by atoms with Crippen molar-refractivity contribution < 1.29 is 19.2 Å². The fourth-order valence-corrected chi connectivity index (χ4v) is 5.03. The number of rotatable bonds is 11. The monoisotopic (exact) mass is 652 g/mol. The van der Waals surface area contributed by atoms with Gasteiger partial charge in [-0.1, -0.05) is 30.3 Å². The standard InChI is InChI=1S/C34H29BrN4O5/c1-3-43-32-19-27(30(35)20-33(32)44-22-24-10-14-29(15-11-24)39(41)42)21-36-37-34(40)26-12-16-28(17-13-26)38-23(2)9-18-31(38)25-7-5-4-6-8-25/h4-21H,3,22H2,1-2H3,(H,37,40)/b36-21+. The number of benzene rings is 4. The molecule has 0 aliphatic heterocycles. The summed E-state index contributed by atoms with van der Waals surface area (Å²) >= 11 is 3.53. The Bertz CT molecular complexity index is 1800. The van der Waals surface area contributed by atoms with Gasteiger partial charge >= 0.3 is 0 Å². The molecule has 0 aliphatic rings. The van der Waals surface area contributed by atoms with E-state index in [0.717, 1.165) is 28.2 Å². The second-order valence-corrected chi connectivity index (χ2v) is 10.6. The highest BCUT2D eigenvalue weighted by molar-refractivity contribution is 9.10. The molecule has 0 saturated heterocycles. The summed E-state index contributed by atoms with van der Waals surface area (Å²) in [5, 5.41) is 15.0. The van der Waals surface area contributed by atoms with E-state index in [-0.39, 0.29) is 18.2 Å². The minimum Gasteiger partial charge on any atom is -0.490 e. The number of hydrogen-bond acceptors (Lipinski definition) is 6. The molecular weight excluding hydrogens is 624 g/mol. The molecule has 4 aromatic carbocycles. The zero-order valence-corrected chi connectivity index (χ0v) is 25.7. The molecule has 0 atom stereocenters. The van der Waals surface area contributed by atoms with E-state index in [0.29, 0.717) is 33.7 Å². The maximum Gasteiger partial charge on any atom is 0.271 e. The van der Waals surface area contributed by atoms with E-state index in [1.807, 2.05) is 37.3 Å². The fraction of sp³-hybridized carbons (Fsp3) is 0.118. The summed E-state index contributed by atoms with van der Waals surface area (Å²) in [6.07, 6.45) is 1.52. The van der Waals surface area contributed by atoms with Gasteiger partial charge in [0.2, 0.25) is 0 Å². The molecule has 9 nitrogen and oxygen atoms in total. The van der Waals surface area contributed by atoms with Crippen molar-refractivity contribution in [3.63, 3.8) is 0 Å². The van der Waals surface area contributed by atoms with Crippen molar-refractivity contribution in [2.75, 3.05) is 6.61 Å². The van der Waals surface area contributed by atoms with Crippen molar-refractivity contribution in [3.8, 4) is 28.4 Å². The Kier molecular flexibility index (Phi) is 9.51. The number of hydrazone groups is 1. The minimum absolute atomic E-state index is 0.0173. The van der Waals surface area contributed by atoms with E-state index in [9.17, 15) is 14.9 Å². The average Bonchev–Trinajstić information content (AvgIpc) is 3.43. The molecule has 0 bridgehead atoms. The molecule has 1 N–H and O–H groups in total. The molecule has 5 rings (SSSR count). The van der Waals surface area contributed by atoms with Gasteiger partial charge in [-0.05, 0) is 102 Å². The van der Waals surface area contributed by atoms with Crippen LogP contribution >= 0.6 is 15.9 Å². The van der Waals surface area contributed by atoms with E-state index < -0.39 is 4.92 Å². The fourth-order valence-electron chi connectivity index (χ4n) is 4.61. The Balaban J connectivity index is 1.25. The quantitative estimate of drug-likeness (QED) is 0.0887. The summed E-state index contributed by atoms with van der Waals surface area (Å²) in [5.74, 6) is 0.646. The zero-order valence-electron chi connectivity index (χ0n) is 24.1. The van der Waals surface area contributed by atoms with Crippen LogP contribution in [0, 0.1) is 17.0 Å². The number of halogens is 1. The van der Waals surface area contributed by atoms with Gasteiger partial charge in [0.05, 0.1) is 23.4 Å². The predicted octanol–water partition coefficient (Wildman–Crippen LogP) is 7.87. The van der Waals surface area contributed by atoms with Gasteiger partial charge in [-0.2, -0.15) is 5.10 Å². The lowest BCUT2D eigenvalue weighted by Crippen LogP contribution is -2.17. The lowest BCUT2D eigenvalue weighted by Gasteiger charge is -2.14. The summed E-state index contributed by atoms with van der Waals surface area (Å²) in [6.45, 7) is 4.52. The molecule has 0 saturated carbocycles. The SMILES string of the molecule is CCOc1cc(/C=N/NC(=O)c2ccc(-n3c(C)ccc3-c3ccccc3)cc2)c(Br)cc1OCc1ccc([N+](=O)[O-])cc1. The number of hydrogen-bond donors (Lipinski definition) is 1. The van der Waals surface area contributed by atoms with Gasteiger partial charge in [-0.3, -0.25) is 14.9 Å². The largest absolute Gasteiger partial charge is 0.490 e. The molecule has 1 amide bonds. The van der Waals surface area contributed by atoms with E-state index in [2.05, 4.69) is 62.2 Å². The lowest BCUT2D eigenvalue weighted by molar-refractivity contribution is -0.384. The number of non-ortho nitro benzene ring substituents is 1. The van der Waals surface area contributed by atoms with E-state index >= 15 is 0 Å². The number of nitrogens with zero attached hydrogens (tertiary/aromatic N) is 3. The highest BCUT2D eigenvalue weighted by Gasteiger charge is 2.13. The van der Waals surface area contributed by atoms with Gasteiger partial charge in [0.15, 0.2) is 11.5 Å². The van der Waals surface area contributed by atoms with Gasteiger partial charge in [0, 0.05) is 39.1 Å². The molecule has 1 heterocycles. The molecule has 10 heteroatoms. The number of amides is 1. The van der Waals surface area contributed by atoms with Crippen LogP contribution in [0.5, 0.6) is 11.5 Å². The van der Waals surface area contributed by atoms with Crippen molar-refractivity contribution in [2.24, 2.45) is 5.10 Å². The molecule has 44 heavy (non-hydrogen) atoms. The van der Waals surface area contributed by atoms with Crippen molar-refractivity contribution in [1.29, 1.82) is 0 Å². The van der Waals surface area contributed by atoms with Crippen LogP contribution in [0.2, 0.25) is 0 Å². The van der Waals surface area contributed by atoms with Gasteiger partial charge in [-0.25, -0.2) is 5.43 Å². The van der Waals surface area contributed by atoms with Crippen LogP contribution in [0.15, 0.2) is 113 Å². The predicted molar refractivity (Wildman–Crippen MR) is 174 cm³/mol. The van der Waals surface area contributed by atoms with E-state index in [1.165, 1.54) is 18.3 Å². The maximum absolute atomic E-state index is 12.8. The number of aryl methyl sites for hydroxylation is 1. The molecule has 0 aliphatic carbocycles. The first kappa shape index (κ1) is 30.2. The Morgan fingerprint density at radius 2 is 1.66 bits per heavy atom. The highest BCUT2D eigenvalue weighted by Crippen LogP contribution is 2.34. The van der Waals surface area contributed by atoms with Gasteiger partial charge in [0.1, 0.15) is 6.61 Å². The first-order chi connectivity index (χ1) is 21.3. The van der Waals surface area contributed by atoms with Gasteiger partial charge in [0.25, 0.3) is 11.6 Å². The molecule has 0 unspecified atom stereocenters. The summed E-state index contributed by atoms with van der Waals surface area (Å²) in [6, 6.07) is 31.4. The Morgan fingerprint density at radius 1 is 0.955 bits per heavy atom. The van der Waals surface area contributed by atoms with Crippen molar-refractivity contribution >= 4 is 33.7 Å². The lowest BCUT2D eigenvalue weighted by atomic mass is 10.1. The number of nitrogens with one attached hydrogen (secondary N) is 1. The normalized spacial score (nSPS) is 11.0. The number of aromatic nitrogens is 1. The molecule has 0 spiro atoms. The highest BCUT2D eigenvalue weighted by atomic mass is 79.9. The van der Waals surface area contributed by atoms with Crippen LogP contribution in [0.3, 0.4) is 0 Å². The smallest absolute Gasteiger partial charge is 0.271 e.